The Morgan fingerprint density at radius 2 is 1.86 bits per heavy atom. The molecular formula is C11H9NO2. The molecule has 1 aromatic rings. The van der Waals surface area contributed by atoms with Crippen molar-refractivity contribution in [2.75, 3.05) is 0 Å². The smallest absolute Gasteiger partial charge is 0.228 e. The van der Waals surface area contributed by atoms with Crippen LogP contribution in [0.2, 0.25) is 0 Å². The SMILES string of the molecule is CCC(=O)C(=O)c1ccc(C#N)cc1. The van der Waals surface area contributed by atoms with Gasteiger partial charge in [-0.1, -0.05) is 6.92 Å². The summed E-state index contributed by atoms with van der Waals surface area (Å²) in [6.45, 7) is 1.64. The fourth-order valence-electron chi connectivity index (χ4n) is 1.02. The van der Waals surface area contributed by atoms with E-state index in [2.05, 4.69) is 0 Å². The van der Waals surface area contributed by atoms with Gasteiger partial charge < -0.3 is 0 Å². The maximum Gasteiger partial charge on any atom is 0.228 e. The van der Waals surface area contributed by atoms with Crippen molar-refractivity contribution < 1.29 is 9.59 Å². The number of hydrogen-bond acceptors (Lipinski definition) is 3. The van der Waals surface area contributed by atoms with Crippen LogP contribution in [0.1, 0.15) is 29.3 Å². The quantitative estimate of drug-likeness (QED) is 0.534. The van der Waals surface area contributed by atoms with E-state index in [4.69, 9.17) is 5.26 Å². The minimum absolute atomic E-state index is 0.207. The van der Waals surface area contributed by atoms with Crippen molar-refractivity contribution >= 4 is 11.6 Å². The highest BCUT2D eigenvalue weighted by molar-refractivity contribution is 6.43. The number of nitrogens with zero attached hydrogens (tertiary/aromatic N) is 1. The highest BCUT2D eigenvalue weighted by Crippen LogP contribution is 2.05. The second-order valence-corrected chi connectivity index (χ2v) is 2.80. The van der Waals surface area contributed by atoms with Crippen LogP contribution in [0.25, 0.3) is 0 Å². The lowest BCUT2D eigenvalue weighted by atomic mass is 10.0. The summed E-state index contributed by atoms with van der Waals surface area (Å²) in [5, 5.41) is 8.52. The number of Topliss-reactive ketones (excluding diaryl/α,β-unsaturated/α-hetero) is 2. The van der Waals surface area contributed by atoms with Crippen LogP contribution in [-0.4, -0.2) is 11.6 Å². The lowest BCUT2D eigenvalue weighted by Gasteiger charge is -1.97. The largest absolute Gasteiger partial charge is 0.290 e. The first-order valence-corrected chi connectivity index (χ1v) is 4.26. The molecule has 3 nitrogen and oxygen atoms in total. The van der Waals surface area contributed by atoms with Crippen LogP contribution < -0.4 is 0 Å². The number of rotatable bonds is 3. The molecule has 0 aliphatic carbocycles. The molecule has 0 atom stereocenters. The molecule has 14 heavy (non-hydrogen) atoms. The fraction of sp³-hybridized carbons (Fsp3) is 0.182. The molecule has 0 amide bonds. The van der Waals surface area contributed by atoms with Crippen LogP contribution in [-0.2, 0) is 4.79 Å². The molecule has 0 saturated heterocycles. The summed E-state index contributed by atoms with van der Waals surface area (Å²) in [6, 6.07) is 7.98. The number of carbonyl (C=O) groups is 2. The summed E-state index contributed by atoms with van der Waals surface area (Å²) < 4.78 is 0. The minimum Gasteiger partial charge on any atom is -0.290 e. The predicted molar refractivity (Wildman–Crippen MR) is 50.8 cm³/mol. The Bertz CT molecular complexity index is 398. The van der Waals surface area contributed by atoms with Gasteiger partial charge in [-0.2, -0.15) is 5.26 Å². The maximum absolute atomic E-state index is 11.3. The topological polar surface area (TPSA) is 57.9 Å². The third kappa shape index (κ3) is 2.05. The van der Waals surface area contributed by atoms with Crippen molar-refractivity contribution in [2.24, 2.45) is 0 Å². The van der Waals surface area contributed by atoms with Gasteiger partial charge in [0, 0.05) is 12.0 Å². The number of benzene rings is 1. The molecule has 1 aromatic carbocycles. The van der Waals surface area contributed by atoms with Crippen molar-refractivity contribution in [3.63, 3.8) is 0 Å². The first-order valence-electron chi connectivity index (χ1n) is 4.26. The van der Waals surface area contributed by atoms with Crippen LogP contribution in [0.15, 0.2) is 24.3 Å². The molecule has 70 valence electrons. The highest BCUT2D eigenvalue weighted by Gasteiger charge is 2.13. The number of hydrogen-bond donors (Lipinski definition) is 0. The standard InChI is InChI=1S/C11H9NO2/c1-2-10(13)11(14)9-5-3-8(7-12)4-6-9/h3-6H,2H2,1H3. The molecule has 0 aromatic heterocycles. The number of nitriles is 1. The summed E-state index contributed by atoms with van der Waals surface area (Å²) >= 11 is 0. The molecule has 1 rings (SSSR count). The Morgan fingerprint density at radius 3 is 2.29 bits per heavy atom. The van der Waals surface area contributed by atoms with Gasteiger partial charge in [0.05, 0.1) is 11.6 Å². The Morgan fingerprint density at radius 1 is 1.29 bits per heavy atom. The molecule has 0 unspecified atom stereocenters. The third-order valence-corrected chi connectivity index (χ3v) is 1.85. The van der Waals surface area contributed by atoms with Crippen LogP contribution in [0.3, 0.4) is 0 Å². The van der Waals surface area contributed by atoms with Crippen molar-refractivity contribution in [1.82, 2.24) is 0 Å². The molecule has 0 aliphatic rings. The van der Waals surface area contributed by atoms with Gasteiger partial charge in [0.25, 0.3) is 0 Å². The van der Waals surface area contributed by atoms with Gasteiger partial charge in [-0.3, -0.25) is 9.59 Å². The Labute approximate surface area is 82.0 Å². The predicted octanol–water partition coefficient (Wildman–Crippen LogP) is 1.72. The normalized spacial score (nSPS) is 9.14. The van der Waals surface area contributed by atoms with Crippen molar-refractivity contribution in [3.05, 3.63) is 35.4 Å². The number of carbonyl (C=O) groups excluding carboxylic acids is 2. The highest BCUT2D eigenvalue weighted by atomic mass is 16.2. The van der Waals surface area contributed by atoms with Gasteiger partial charge in [0.1, 0.15) is 0 Å². The van der Waals surface area contributed by atoms with Crippen LogP contribution in [0.4, 0.5) is 0 Å². The third-order valence-electron chi connectivity index (χ3n) is 1.85. The van der Waals surface area contributed by atoms with E-state index in [9.17, 15) is 9.59 Å². The van der Waals surface area contributed by atoms with E-state index in [1.165, 1.54) is 24.3 Å². The van der Waals surface area contributed by atoms with Gasteiger partial charge in [-0.15, -0.1) is 0 Å². The van der Waals surface area contributed by atoms with Gasteiger partial charge in [0.2, 0.25) is 11.6 Å². The number of ketones is 2. The second kappa shape index (κ2) is 4.33. The molecule has 0 radical (unpaired) electrons. The Kier molecular flexibility index (Phi) is 3.14. The van der Waals surface area contributed by atoms with Crippen LogP contribution in [0.5, 0.6) is 0 Å². The average Bonchev–Trinajstić information content (AvgIpc) is 2.27. The second-order valence-electron chi connectivity index (χ2n) is 2.80. The maximum atomic E-state index is 11.3. The minimum atomic E-state index is -0.489. The molecule has 0 spiro atoms. The summed E-state index contributed by atoms with van der Waals surface area (Å²) in [5.41, 5.74) is 0.821. The van der Waals surface area contributed by atoms with Gasteiger partial charge in [-0.25, -0.2) is 0 Å². The van der Waals surface area contributed by atoms with Gasteiger partial charge in [-0.05, 0) is 24.3 Å². The first kappa shape index (κ1) is 10.1. The van der Waals surface area contributed by atoms with E-state index in [0.717, 1.165) is 0 Å². The lowest BCUT2D eigenvalue weighted by Crippen LogP contribution is -2.12. The zero-order valence-electron chi connectivity index (χ0n) is 7.78. The fourth-order valence-corrected chi connectivity index (χ4v) is 1.02. The monoisotopic (exact) mass is 187 g/mol. The van der Waals surface area contributed by atoms with Crippen LogP contribution in [0, 0.1) is 11.3 Å². The van der Waals surface area contributed by atoms with E-state index in [1.54, 1.807) is 6.92 Å². The molecule has 3 heteroatoms. The van der Waals surface area contributed by atoms with Crippen molar-refractivity contribution in [3.8, 4) is 6.07 Å². The Balaban J connectivity index is 2.94. The molecular weight excluding hydrogens is 178 g/mol. The molecule has 0 aliphatic heterocycles. The van der Waals surface area contributed by atoms with E-state index < -0.39 is 11.6 Å². The summed E-state index contributed by atoms with van der Waals surface area (Å²) in [7, 11) is 0. The molecule has 0 bridgehead atoms. The van der Waals surface area contributed by atoms with E-state index >= 15 is 0 Å². The first-order chi connectivity index (χ1) is 6.69. The average molecular weight is 187 g/mol. The van der Waals surface area contributed by atoms with Crippen molar-refractivity contribution in [1.29, 1.82) is 5.26 Å². The van der Waals surface area contributed by atoms with E-state index in [-0.39, 0.29) is 6.42 Å². The van der Waals surface area contributed by atoms with E-state index in [0.29, 0.717) is 11.1 Å². The summed E-state index contributed by atoms with van der Waals surface area (Å²) in [6.07, 6.45) is 0.207. The van der Waals surface area contributed by atoms with Crippen LogP contribution >= 0.6 is 0 Å². The summed E-state index contributed by atoms with van der Waals surface area (Å²) in [4.78, 5) is 22.4. The lowest BCUT2D eigenvalue weighted by molar-refractivity contribution is -0.114. The van der Waals surface area contributed by atoms with Gasteiger partial charge >= 0.3 is 0 Å². The molecule has 0 saturated carbocycles. The van der Waals surface area contributed by atoms with E-state index in [1.807, 2.05) is 6.07 Å². The molecule has 0 heterocycles. The zero-order valence-corrected chi connectivity index (χ0v) is 7.78. The zero-order chi connectivity index (χ0) is 10.6. The summed E-state index contributed by atoms with van der Waals surface area (Å²) in [5.74, 6) is -0.897. The molecule has 0 N–H and O–H groups in total. The Hall–Kier alpha value is -1.95. The van der Waals surface area contributed by atoms with Gasteiger partial charge in [0.15, 0.2) is 0 Å². The molecule has 0 fully saturated rings. The van der Waals surface area contributed by atoms with Crippen molar-refractivity contribution in [2.45, 2.75) is 13.3 Å².